The van der Waals surface area contributed by atoms with Crippen molar-refractivity contribution < 1.29 is 14.6 Å². The van der Waals surface area contributed by atoms with E-state index < -0.39 is 0 Å². The number of aliphatic hydroxyl groups excluding tert-OH is 1. The molecular formula is C33H40N4O3. The minimum absolute atomic E-state index is 0.0832. The first-order valence-corrected chi connectivity index (χ1v) is 13.7. The molecule has 3 aromatic carbocycles. The number of carbonyl (C=O) groups is 1. The predicted molar refractivity (Wildman–Crippen MR) is 161 cm³/mol. The van der Waals surface area contributed by atoms with Gasteiger partial charge in [-0.05, 0) is 74.6 Å². The maximum atomic E-state index is 12.7. The van der Waals surface area contributed by atoms with Crippen LogP contribution < -0.4 is 10.1 Å². The summed E-state index contributed by atoms with van der Waals surface area (Å²) in [5.41, 5.74) is 3.95. The molecule has 40 heavy (non-hydrogen) atoms. The van der Waals surface area contributed by atoms with Crippen LogP contribution in [0.2, 0.25) is 0 Å². The van der Waals surface area contributed by atoms with Crippen LogP contribution in [-0.4, -0.2) is 92.4 Å². The van der Waals surface area contributed by atoms with Crippen LogP contribution in [0.4, 0.5) is 10.5 Å². The van der Waals surface area contributed by atoms with Gasteiger partial charge in [0.15, 0.2) is 0 Å². The van der Waals surface area contributed by atoms with E-state index in [2.05, 4.69) is 65.3 Å². The zero-order chi connectivity index (χ0) is 28.5. The average Bonchev–Trinajstić information content (AvgIpc) is 2.96. The summed E-state index contributed by atoms with van der Waals surface area (Å²) in [6.07, 6.45) is 0.827. The van der Waals surface area contributed by atoms with E-state index in [-0.39, 0.29) is 24.7 Å². The highest BCUT2D eigenvalue weighted by atomic mass is 16.5. The first-order chi connectivity index (χ1) is 19.4. The van der Waals surface area contributed by atoms with Crippen molar-refractivity contribution in [3.8, 4) is 17.6 Å². The zero-order valence-electron chi connectivity index (χ0n) is 23.9. The number of hydrogen-bond acceptors (Lipinski definition) is 5. The van der Waals surface area contributed by atoms with Crippen LogP contribution in [0.3, 0.4) is 0 Å². The second kappa shape index (κ2) is 14.0. The van der Waals surface area contributed by atoms with Crippen LogP contribution in [0.25, 0.3) is 0 Å². The van der Waals surface area contributed by atoms with Crippen molar-refractivity contribution >= 4 is 11.7 Å². The van der Waals surface area contributed by atoms with E-state index in [1.807, 2.05) is 61.6 Å². The summed E-state index contributed by atoms with van der Waals surface area (Å²) in [5, 5.41) is 13.2. The molecule has 0 spiro atoms. The highest BCUT2D eigenvalue weighted by Crippen LogP contribution is 2.34. The van der Waals surface area contributed by atoms with Gasteiger partial charge in [0.2, 0.25) is 0 Å². The number of amides is 2. The number of likely N-dealkylation sites (tertiary alicyclic amines) is 1. The van der Waals surface area contributed by atoms with E-state index in [9.17, 15) is 9.90 Å². The summed E-state index contributed by atoms with van der Waals surface area (Å²) in [5.74, 6) is 7.48. The lowest BCUT2D eigenvalue weighted by Gasteiger charge is -2.49. The topological polar surface area (TPSA) is 68.3 Å². The van der Waals surface area contributed by atoms with Gasteiger partial charge in [-0.2, -0.15) is 0 Å². The summed E-state index contributed by atoms with van der Waals surface area (Å²) < 4.78 is 5.18. The minimum atomic E-state index is -0.142. The van der Waals surface area contributed by atoms with Crippen molar-refractivity contribution in [3.63, 3.8) is 0 Å². The fraction of sp³-hybridized carbons (Fsp3) is 0.364. The quantitative estimate of drug-likeness (QED) is 0.375. The van der Waals surface area contributed by atoms with E-state index in [0.717, 1.165) is 42.1 Å². The molecule has 0 bridgehead atoms. The number of anilines is 1. The number of hydrogen-bond donors (Lipinski definition) is 2. The van der Waals surface area contributed by atoms with Gasteiger partial charge in [0.1, 0.15) is 5.75 Å². The molecule has 4 rings (SSSR count). The Morgan fingerprint density at radius 2 is 1.65 bits per heavy atom. The number of likely N-dealkylation sites (N-methyl/N-ethyl adjacent to an activating group) is 1. The first kappa shape index (κ1) is 29.2. The number of benzene rings is 3. The minimum Gasteiger partial charge on any atom is -0.497 e. The highest BCUT2D eigenvalue weighted by Gasteiger charge is 2.40. The van der Waals surface area contributed by atoms with E-state index in [0.29, 0.717) is 12.5 Å². The maximum absolute atomic E-state index is 12.7. The normalized spacial score (nSPS) is 17.4. The van der Waals surface area contributed by atoms with E-state index in [1.165, 1.54) is 5.56 Å². The summed E-state index contributed by atoms with van der Waals surface area (Å²) >= 11 is 0. The molecule has 7 heteroatoms. The number of carbonyl (C=O) groups excluding carboxylic acids is 1. The summed E-state index contributed by atoms with van der Waals surface area (Å²) in [6.45, 7) is 2.48. The number of methoxy groups -OCH3 is 1. The van der Waals surface area contributed by atoms with Crippen molar-refractivity contribution in [3.05, 3.63) is 95.6 Å². The third kappa shape index (κ3) is 7.64. The highest BCUT2D eigenvalue weighted by molar-refractivity contribution is 5.89. The Bertz CT molecular complexity index is 1280. The Hall–Kier alpha value is -3.83. The molecule has 1 heterocycles. The van der Waals surface area contributed by atoms with Crippen molar-refractivity contribution in [2.24, 2.45) is 0 Å². The van der Waals surface area contributed by atoms with Gasteiger partial charge in [-0.25, -0.2) is 4.79 Å². The van der Waals surface area contributed by atoms with Crippen LogP contribution in [0, 0.1) is 11.8 Å². The standard InChI is InChI=1S/C33H40N4O3/c1-35(2)29(20-21-36(3)33(39)34-28-16-18-30(40-4)19-17-28)22-37-23-31(32(37)24-38)27-14-12-26(13-15-27)11-10-25-8-6-5-7-9-25/h5-9,12-19,29,31-32,38H,20-24H2,1-4H3,(H,34,39)/t29-,31?,32-/m1/s1. The Labute approximate surface area is 238 Å². The molecule has 210 valence electrons. The lowest BCUT2D eigenvalue weighted by molar-refractivity contribution is -0.00111. The Morgan fingerprint density at radius 1 is 1.00 bits per heavy atom. The smallest absolute Gasteiger partial charge is 0.321 e. The van der Waals surface area contributed by atoms with Gasteiger partial charge in [-0.3, -0.25) is 4.90 Å². The van der Waals surface area contributed by atoms with Crippen LogP contribution in [-0.2, 0) is 0 Å². The van der Waals surface area contributed by atoms with Crippen LogP contribution in [0.1, 0.15) is 29.0 Å². The fourth-order valence-electron chi connectivity index (χ4n) is 5.01. The number of ether oxygens (including phenoxy) is 1. The number of nitrogens with zero attached hydrogens (tertiary/aromatic N) is 3. The molecular weight excluding hydrogens is 500 g/mol. The van der Waals surface area contributed by atoms with E-state index >= 15 is 0 Å². The van der Waals surface area contributed by atoms with Gasteiger partial charge in [-0.15, -0.1) is 0 Å². The van der Waals surface area contributed by atoms with Crippen molar-refractivity contribution in [1.29, 1.82) is 0 Å². The van der Waals surface area contributed by atoms with Crippen LogP contribution in [0.5, 0.6) is 5.75 Å². The maximum Gasteiger partial charge on any atom is 0.321 e. The second-order valence-electron chi connectivity index (χ2n) is 10.5. The molecule has 1 fully saturated rings. The lowest BCUT2D eigenvalue weighted by Crippen LogP contribution is -2.59. The molecule has 7 nitrogen and oxygen atoms in total. The summed E-state index contributed by atoms with van der Waals surface area (Å²) in [4.78, 5) is 19.0. The third-order valence-corrected chi connectivity index (χ3v) is 7.68. The molecule has 0 aliphatic carbocycles. The fourth-order valence-corrected chi connectivity index (χ4v) is 5.01. The molecule has 1 aliphatic rings. The van der Waals surface area contributed by atoms with Gasteiger partial charge in [0, 0.05) is 61.5 Å². The van der Waals surface area contributed by atoms with E-state index in [4.69, 9.17) is 4.74 Å². The second-order valence-corrected chi connectivity index (χ2v) is 10.5. The Balaban J connectivity index is 1.28. The summed E-state index contributed by atoms with van der Waals surface area (Å²) in [6, 6.07) is 25.9. The Morgan fingerprint density at radius 3 is 2.25 bits per heavy atom. The van der Waals surface area contributed by atoms with Gasteiger partial charge < -0.3 is 25.0 Å². The van der Waals surface area contributed by atoms with E-state index in [1.54, 1.807) is 12.0 Å². The number of nitrogens with one attached hydrogen (secondary N) is 1. The molecule has 1 saturated heterocycles. The molecule has 1 aliphatic heterocycles. The van der Waals surface area contributed by atoms with Crippen LogP contribution in [0.15, 0.2) is 78.9 Å². The molecule has 0 saturated carbocycles. The van der Waals surface area contributed by atoms with Gasteiger partial charge in [0.05, 0.1) is 13.7 Å². The SMILES string of the molecule is COc1ccc(NC(=O)N(C)CC[C@H](CN2CC(c3ccc(C#Cc4ccccc4)cc3)[C@H]2CO)N(C)C)cc1. The lowest BCUT2D eigenvalue weighted by atomic mass is 9.82. The van der Waals surface area contributed by atoms with Gasteiger partial charge in [-0.1, -0.05) is 42.2 Å². The molecule has 1 unspecified atom stereocenters. The average molecular weight is 541 g/mol. The first-order valence-electron chi connectivity index (χ1n) is 13.7. The van der Waals surface area contributed by atoms with Gasteiger partial charge in [0.25, 0.3) is 0 Å². The van der Waals surface area contributed by atoms with Crippen molar-refractivity contribution in [1.82, 2.24) is 14.7 Å². The third-order valence-electron chi connectivity index (χ3n) is 7.68. The molecule has 2 N–H and O–H groups in total. The Kier molecular flexibility index (Phi) is 10.2. The van der Waals surface area contributed by atoms with Crippen molar-refractivity contribution in [2.45, 2.75) is 24.4 Å². The van der Waals surface area contributed by atoms with Crippen LogP contribution >= 0.6 is 0 Å². The predicted octanol–water partition coefficient (Wildman–Crippen LogP) is 4.34. The molecule has 3 aromatic rings. The zero-order valence-corrected chi connectivity index (χ0v) is 23.9. The number of urea groups is 1. The largest absolute Gasteiger partial charge is 0.497 e. The molecule has 3 atom stereocenters. The van der Waals surface area contributed by atoms with Crippen molar-refractivity contribution in [2.75, 3.05) is 59.8 Å². The number of aliphatic hydroxyl groups is 1. The molecule has 0 radical (unpaired) electrons. The van der Waals surface area contributed by atoms with Gasteiger partial charge >= 0.3 is 6.03 Å². The summed E-state index contributed by atoms with van der Waals surface area (Å²) in [7, 11) is 7.58. The monoisotopic (exact) mass is 540 g/mol. The number of rotatable bonds is 10. The molecule has 2 amide bonds. The molecule has 0 aromatic heterocycles.